The van der Waals surface area contributed by atoms with Gasteiger partial charge in [0.25, 0.3) is 0 Å². The van der Waals surface area contributed by atoms with Gasteiger partial charge >= 0.3 is 0 Å². The maximum Gasteiger partial charge on any atom is 0.224 e. The van der Waals surface area contributed by atoms with Crippen molar-refractivity contribution in [3.05, 3.63) is 67.3 Å². The third-order valence-corrected chi connectivity index (χ3v) is 6.12. The molecule has 6 aromatic rings. The lowest BCUT2D eigenvalue weighted by molar-refractivity contribution is -0.117. The number of hydrogen-bond acceptors (Lipinski definition) is 6. The van der Waals surface area contributed by atoms with E-state index in [1.54, 1.807) is 43.2 Å². The van der Waals surface area contributed by atoms with Gasteiger partial charge < -0.3 is 14.7 Å². The zero-order chi connectivity index (χ0) is 26.4. The van der Waals surface area contributed by atoms with E-state index in [1.165, 1.54) is 6.07 Å². The Bertz CT molecular complexity index is 1800. The number of imidazole rings is 1. The third-order valence-electron chi connectivity index (χ3n) is 6.12. The molecule has 0 aliphatic rings. The Kier molecular flexibility index (Phi) is 5.52. The predicted octanol–water partition coefficient (Wildman–Crippen LogP) is 6.34. The van der Waals surface area contributed by atoms with Gasteiger partial charge in [0.2, 0.25) is 5.91 Å². The number of carbonyl (C=O) groups is 1. The van der Waals surface area contributed by atoms with Gasteiger partial charge in [-0.15, -0.1) is 0 Å². The highest BCUT2D eigenvalue weighted by molar-refractivity contribution is 5.98. The number of aromatic nitrogens is 6. The summed E-state index contributed by atoms with van der Waals surface area (Å²) in [6, 6.07) is 8.55. The van der Waals surface area contributed by atoms with Crippen LogP contribution in [-0.2, 0) is 4.79 Å². The Labute approximate surface area is 216 Å². The maximum absolute atomic E-state index is 15.2. The zero-order valence-corrected chi connectivity index (χ0v) is 21.0. The number of hydrogen-bond donors (Lipinski definition) is 3. The van der Waals surface area contributed by atoms with E-state index in [9.17, 15) is 4.79 Å². The van der Waals surface area contributed by atoms with Gasteiger partial charge in [-0.3, -0.25) is 14.9 Å². The van der Waals surface area contributed by atoms with Crippen molar-refractivity contribution in [3.8, 4) is 33.8 Å². The van der Waals surface area contributed by atoms with Crippen molar-refractivity contribution in [1.29, 1.82) is 0 Å². The van der Waals surface area contributed by atoms with Gasteiger partial charge in [0.15, 0.2) is 11.5 Å². The van der Waals surface area contributed by atoms with Crippen molar-refractivity contribution in [1.82, 2.24) is 30.1 Å². The fourth-order valence-electron chi connectivity index (χ4n) is 4.46. The molecular weight excluding hydrogens is 485 g/mol. The molecule has 0 atom stereocenters. The summed E-state index contributed by atoms with van der Waals surface area (Å²) >= 11 is 0. The molecule has 10 heteroatoms. The minimum absolute atomic E-state index is 0.127. The largest absolute Gasteiger partial charge is 0.472 e. The molecule has 0 radical (unpaired) electrons. The second kappa shape index (κ2) is 8.91. The van der Waals surface area contributed by atoms with E-state index in [-0.39, 0.29) is 11.3 Å². The van der Waals surface area contributed by atoms with Crippen molar-refractivity contribution >= 4 is 33.7 Å². The molecule has 0 aliphatic carbocycles. The lowest BCUT2D eigenvalue weighted by atomic mass is 9.92. The van der Waals surface area contributed by atoms with Crippen LogP contribution in [0.2, 0.25) is 0 Å². The molecule has 190 valence electrons. The summed E-state index contributed by atoms with van der Waals surface area (Å²) in [5.41, 5.74) is 5.30. The average Bonchev–Trinajstić information content (AvgIpc) is 3.61. The minimum atomic E-state index is -0.443. The molecule has 1 amide bonds. The van der Waals surface area contributed by atoms with E-state index >= 15 is 4.39 Å². The SMILES string of the molecule is CC(C)(C)CC(=O)Nc1cncc(-c2cc3c(-c4nc5nccc(-c6ccoc6)c5[nH]4)n[nH]c3cc2F)c1. The first kappa shape index (κ1) is 23.5. The Balaban J connectivity index is 1.39. The molecule has 1 aromatic carbocycles. The van der Waals surface area contributed by atoms with Crippen LogP contribution in [0.3, 0.4) is 0 Å². The normalized spacial score (nSPS) is 11.9. The smallest absolute Gasteiger partial charge is 0.224 e. The van der Waals surface area contributed by atoms with Crippen molar-refractivity contribution in [2.24, 2.45) is 5.41 Å². The summed E-state index contributed by atoms with van der Waals surface area (Å²) in [5, 5.41) is 10.8. The number of carbonyl (C=O) groups excluding carboxylic acids is 1. The molecule has 0 saturated heterocycles. The number of amides is 1. The molecule has 0 saturated carbocycles. The maximum atomic E-state index is 15.2. The van der Waals surface area contributed by atoms with Crippen LogP contribution >= 0.6 is 0 Å². The lowest BCUT2D eigenvalue weighted by Gasteiger charge is -2.17. The fraction of sp³-hybridized carbons (Fsp3) is 0.179. The first-order chi connectivity index (χ1) is 18.2. The Morgan fingerprint density at radius 3 is 2.76 bits per heavy atom. The highest BCUT2D eigenvalue weighted by Gasteiger charge is 2.19. The quantitative estimate of drug-likeness (QED) is 0.249. The first-order valence-corrected chi connectivity index (χ1v) is 12.1. The predicted molar refractivity (Wildman–Crippen MR) is 143 cm³/mol. The van der Waals surface area contributed by atoms with Crippen LogP contribution in [-0.4, -0.2) is 36.0 Å². The number of nitrogens with one attached hydrogen (secondary N) is 3. The van der Waals surface area contributed by atoms with Crippen LogP contribution in [0.1, 0.15) is 27.2 Å². The molecule has 38 heavy (non-hydrogen) atoms. The van der Waals surface area contributed by atoms with Crippen molar-refractivity contribution in [2.75, 3.05) is 5.32 Å². The van der Waals surface area contributed by atoms with E-state index in [4.69, 9.17) is 4.42 Å². The number of fused-ring (bicyclic) bond motifs is 2. The molecule has 5 heterocycles. The van der Waals surface area contributed by atoms with E-state index in [0.717, 1.165) is 16.6 Å². The van der Waals surface area contributed by atoms with Gasteiger partial charge in [0.1, 0.15) is 11.5 Å². The van der Waals surface area contributed by atoms with Gasteiger partial charge in [-0.1, -0.05) is 20.8 Å². The molecule has 3 N–H and O–H groups in total. The highest BCUT2D eigenvalue weighted by Crippen LogP contribution is 2.34. The number of furan rings is 1. The van der Waals surface area contributed by atoms with E-state index in [1.807, 2.05) is 32.9 Å². The number of benzene rings is 1. The van der Waals surface area contributed by atoms with Gasteiger partial charge in [0.05, 0.1) is 35.4 Å². The van der Waals surface area contributed by atoms with Crippen LogP contribution in [0.25, 0.3) is 55.8 Å². The number of halogens is 1. The molecule has 0 fully saturated rings. The van der Waals surface area contributed by atoms with Crippen LogP contribution in [0.4, 0.5) is 10.1 Å². The number of aromatic amines is 2. The van der Waals surface area contributed by atoms with E-state index in [0.29, 0.717) is 51.3 Å². The number of anilines is 1. The van der Waals surface area contributed by atoms with Gasteiger partial charge in [-0.05, 0) is 29.7 Å². The lowest BCUT2D eigenvalue weighted by Crippen LogP contribution is -2.19. The second-order valence-corrected chi connectivity index (χ2v) is 10.4. The molecule has 0 bridgehead atoms. The molecule has 5 aromatic heterocycles. The minimum Gasteiger partial charge on any atom is -0.472 e. The highest BCUT2D eigenvalue weighted by atomic mass is 19.1. The third kappa shape index (κ3) is 4.40. The van der Waals surface area contributed by atoms with Crippen LogP contribution in [0.5, 0.6) is 0 Å². The molecule has 0 spiro atoms. The van der Waals surface area contributed by atoms with E-state index in [2.05, 4.69) is 35.5 Å². The van der Waals surface area contributed by atoms with E-state index < -0.39 is 5.82 Å². The number of pyridine rings is 2. The van der Waals surface area contributed by atoms with Gasteiger partial charge in [-0.2, -0.15) is 5.10 Å². The van der Waals surface area contributed by atoms with Crippen LogP contribution in [0, 0.1) is 11.2 Å². The standard InChI is InChI=1S/C28H24FN7O2/c1-28(2,3)11-23(37)32-17-8-16(12-30-13-17)19-9-20-22(10-21(19)29)35-36-25(20)27-33-24-18(15-5-7-38-14-15)4-6-31-26(24)34-27/h4-10,12-14H,11H2,1-3H3,(H,32,37)(H,35,36)(H,31,33,34). The summed E-state index contributed by atoms with van der Waals surface area (Å²) in [7, 11) is 0. The van der Waals surface area contributed by atoms with Crippen molar-refractivity contribution in [3.63, 3.8) is 0 Å². The van der Waals surface area contributed by atoms with Crippen molar-refractivity contribution < 1.29 is 13.6 Å². The summed E-state index contributed by atoms with van der Waals surface area (Å²) in [6.45, 7) is 5.97. The van der Waals surface area contributed by atoms with Gasteiger partial charge in [-0.25, -0.2) is 14.4 Å². The Hall–Kier alpha value is -4.86. The Morgan fingerprint density at radius 2 is 1.97 bits per heavy atom. The monoisotopic (exact) mass is 509 g/mol. The molecule has 0 aliphatic heterocycles. The summed E-state index contributed by atoms with van der Waals surface area (Å²) in [4.78, 5) is 29.0. The summed E-state index contributed by atoms with van der Waals surface area (Å²) < 4.78 is 20.4. The number of rotatable bonds is 5. The molecule has 9 nitrogen and oxygen atoms in total. The second-order valence-electron chi connectivity index (χ2n) is 10.4. The molecular formula is C28H24FN7O2. The van der Waals surface area contributed by atoms with Crippen LogP contribution < -0.4 is 5.32 Å². The first-order valence-electron chi connectivity index (χ1n) is 12.1. The average molecular weight is 510 g/mol. The fourth-order valence-corrected chi connectivity index (χ4v) is 4.46. The molecule has 6 rings (SSSR count). The summed E-state index contributed by atoms with van der Waals surface area (Å²) in [6.07, 6.45) is 8.41. The Morgan fingerprint density at radius 1 is 1.11 bits per heavy atom. The zero-order valence-electron chi connectivity index (χ0n) is 21.0. The number of H-pyrrole nitrogens is 2. The van der Waals surface area contributed by atoms with Crippen LogP contribution in [0.15, 0.2) is 65.9 Å². The van der Waals surface area contributed by atoms with Gasteiger partial charge in [0, 0.05) is 52.5 Å². The number of nitrogens with zero attached hydrogens (tertiary/aromatic N) is 4. The topological polar surface area (TPSA) is 125 Å². The molecule has 0 unspecified atom stereocenters. The van der Waals surface area contributed by atoms with Crippen molar-refractivity contribution in [2.45, 2.75) is 27.2 Å². The summed E-state index contributed by atoms with van der Waals surface area (Å²) in [5.74, 6) is -0.0764.